The van der Waals surface area contributed by atoms with Gasteiger partial charge in [-0.3, -0.25) is 9.59 Å². The van der Waals surface area contributed by atoms with E-state index in [1.165, 1.54) is 0 Å². The van der Waals surface area contributed by atoms with Gasteiger partial charge in [-0.05, 0) is 25.1 Å². The van der Waals surface area contributed by atoms with Crippen molar-refractivity contribution in [3.05, 3.63) is 29.8 Å². The summed E-state index contributed by atoms with van der Waals surface area (Å²) in [6.07, 6.45) is 0. The van der Waals surface area contributed by atoms with Crippen LogP contribution in [0.4, 0.5) is 5.69 Å². The first-order valence-electron chi connectivity index (χ1n) is 7.07. The van der Waals surface area contributed by atoms with Crippen molar-refractivity contribution in [3.63, 3.8) is 0 Å². The van der Waals surface area contributed by atoms with Gasteiger partial charge in [0.25, 0.3) is 5.91 Å². The highest BCUT2D eigenvalue weighted by Crippen LogP contribution is 2.13. The first-order chi connectivity index (χ1) is 10.1. The van der Waals surface area contributed by atoms with E-state index in [-0.39, 0.29) is 17.9 Å². The second-order valence-corrected chi connectivity index (χ2v) is 4.96. The summed E-state index contributed by atoms with van der Waals surface area (Å²) in [4.78, 5) is 25.7. The van der Waals surface area contributed by atoms with Crippen LogP contribution in [0.3, 0.4) is 0 Å². The molecular weight excluding hydrogens is 270 g/mol. The summed E-state index contributed by atoms with van der Waals surface area (Å²) in [5, 5.41) is 5.73. The molecule has 1 fully saturated rings. The molecule has 1 aliphatic heterocycles. The Balaban J connectivity index is 2.00. The Hall–Kier alpha value is -2.08. The molecule has 2 rings (SSSR count). The fourth-order valence-corrected chi connectivity index (χ4v) is 2.26. The Morgan fingerprint density at radius 1 is 1.29 bits per heavy atom. The fourth-order valence-electron chi connectivity index (χ4n) is 2.26. The summed E-state index contributed by atoms with van der Waals surface area (Å²) in [6, 6.07) is 6.76. The van der Waals surface area contributed by atoms with Crippen LogP contribution < -0.4 is 10.6 Å². The minimum absolute atomic E-state index is 0.0450. The van der Waals surface area contributed by atoms with Crippen molar-refractivity contribution in [1.29, 1.82) is 0 Å². The maximum Gasteiger partial charge on any atom is 0.251 e. The number of nitrogens with zero attached hydrogens (tertiary/aromatic N) is 1. The van der Waals surface area contributed by atoms with Crippen LogP contribution in [0.1, 0.15) is 17.3 Å². The Bertz CT molecular complexity index is 513. The highest BCUT2D eigenvalue weighted by atomic mass is 16.5. The van der Waals surface area contributed by atoms with E-state index in [1.807, 2.05) is 13.0 Å². The predicted molar refractivity (Wildman–Crippen MR) is 80.3 cm³/mol. The topological polar surface area (TPSA) is 70.7 Å². The van der Waals surface area contributed by atoms with Gasteiger partial charge in [-0.2, -0.15) is 0 Å². The SMILES string of the molecule is CNC(=O)c1cccc(N[C@@H](C)C(=O)N2CCOCC2)c1. The largest absolute Gasteiger partial charge is 0.378 e. The van der Waals surface area contributed by atoms with E-state index in [0.29, 0.717) is 31.9 Å². The summed E-state index contributed by atoms with van der Waals surface area (Å²) in [7, 11) is 1.59. The molecular formula is C15H21N3O3. The number of benzene rings is 1. The van der Waals surface area contributed by atoms with E-state index in [0.717, 1.165) is 5.69 Å². The minimum Gasteiger partial charge on any atom is -0.378 e. The number of nitrogens with one attached hydrogen (secondary N) is 2. The second-order valence-electron chi connectivity index (χ2n) is 4.96. The Kier molecular flexibility index (Phi) is 5.16. The van der Waals surface area contributed by atoms with Crippen LogP contribution in [0.2, 0.25) is 0 Å². The zero-order chi connectivity index (χ0) is 15.2. The van der Waals surface area contributed by atoms with Gasteiger partial charge in [0, 0.05) is 31.4 Å². The third-order valence-electron chi connectivity index (χ3n) is 3.43. The third kappa shape index (κ3) is 3.95. The zero-order valence-corrected chi connectivity index (χ0v) is 12.4. The van der Waals surface area contributed by atoms with Gasteiger partial charge in [0.05, 0.1) is 13.2 Å². The molecule has 0 radical (unpaired) electrons. The van der Waals surface area contributed by atoms with Gasteiger partial charge < -0.3 is 20.3 Å². The van der Waals surface area contributed by atoms with Gasteiger partial charge in [0.1, 0.15) is 6.04 Å². The molecule has 0 spiro atoms. The number of morpholine rings is 1. The maximum atomic E-state index is 12.3. The van der Waals surface area contributed by atoms with Crippen LogP contribution >= 0.6 is 0 Å². The molecule has 0 saturated carbocycles. The smallest absolute Gasteiger partial charge is 0.251 e. The molecule has 6 heteroatoms. The number of ether oxygens (including phenoxy) is 1. The highest BCUT2D eigenvalue weighted by Gasteiger charge is 2.22. The summed E-state index contributed by atoms with van der Waals surface area (Å²) in [5.41, 5.74) is 1.32. The van der Waals surface area contributed by atoms with Crippen LogP contribution in [-0.4, -0.2) is 56.1 Å². The quantitative estimate of drug-likeness (QED) is 0.857. The molecule has 1 atom stereocenters. The lowest BCUT2D eigenvalue weighted by molar-refractivity contribution is -0.135. The number of anilines is 1. The van der Waals surface area contributed by atoms with Crippen LogP contribution in [0.25, 0.3) is 0 Å². The van der Waals surface area contributed by atoms with Crippen LogP contribution in [0, 0.1) is 0 Å². The van der Waals surface area contributed by atoms with Crippen molar-refractivity contribution in [3.8, 4) is 0 Å². The molecule has 0 bridgehead atoms. The average molecular weight is 291 g/mol. The molecule has 0 aromatic heterocycles. The molecule has 1 aliphatic rings. The number of amides is 2. The van der Waals surface area contributed by atoms with Crippen molar-refractivity contribution in [2.75, 3.05) is 38.7 Å². The van der Waals surface area contributed by atoms with Gasteiger partial charge >= 0.3 is 0 Å². The highest BCUT2D eigenvalue weighted by molar-refractivity contribution is 5.95. The van der Waals surface area contributed by atoms with E-state index in [2.05, 4.69) is 10.6 Å². The number of hydrogen-bond acceptors (Lipinski definition) is 4. The molecule has 2 N–H and O–H groups in total. The van der Waals surface area contributed by atoms with Crippen LogP contribution in [-0.2, 0) is 9.53 Å². The molecule has 1 aromatic rings. The Morgan fingerprint density at radius 3 is 2.67 bits per heavy atom. The van der Waals surface area contributed by atoms with Crippen LogP contribution in [0.15, 0.2) is 24.3 Å². The zero-order valence-electron chi connectivity index (χ0n) is 12.4. The standard InChI is InChI=1S/C15H21N3O3/c1-11(15(20)18-6-8-21-9-7-18)17-13-5-3-4-12(10-13)14(19)16-2/h3-5,10-11,17H,6-9H2,1-2H3,(H,16,19)/t11-/m0/s1. The molecule has 114 valence electrons. The number of carbonyl (C=O) groups excluding carboxylic acids is 2. The van der Waals surface area contributed by atoms with E-state index in [9.17, 15) is 9.59 Å². The predicted octanol–water partition coefficient (Wildman–Crippen LogP) is 0.705. The second kappa shape index (κ2) is 7.08. The monoisotopic (exact) mass is 291 g/mol. The Morgan fingerprint density at radius 2 is 2.00 bits per heavy atom. The summed E-state index contributed by atoms with van der Waals surface area (Å²) < 4.78 is 5.24. The summed E-state index contributed by atoms with van der Waals surface area (Å²) in [5.74, 6) is -0.102. The van der Waals surface area contributed by atoms with Gasteiger partial charge in [-0.1, -0.05) is 6.07 Å². The van der Waals surface area contributed by atoms with Gasteiger partial charge in [-0.15, -0.1) is 0 Å². The first-order valence-corrected chi connectivity index (χ1v) is 7.07. The summed E-state index contributed by atoms with van der Waals surface area (Å²) in [6.45, 7) is 4.26. The Labute approximate surface area is 124 Å². The minimum atomic E-state index is -0.344. The lowest BCUT2D eigenvalue weighted by Gasteiger charge is -2.29. The molecule has 6 nitrogen and oxygen atoms in total. The molecule has 1 saturated heterocycles. The number of hydrogen-bond donors (Lipinski definition) is 2. The van der Waals surface area contributed by atoms with E-state index in [4.69, 9.17) is 4.74 Å². The molecule has 21 heavy (non-hydrogen) atoms. The van der Waals surface area contributed by atoms with Crippen molar-refractivity contribution in [1.82, 2.24) is 10.2 Å². The average Bonchev–Trinajstić information content (AvgIpc) is 2.54. The van der Waals surface area contributed by atoms with Crippen LogP contribution in [0.5, 0.6) is 0 Å². The van der Waals surface area contributed by atoms with Gasteiger partial charge in [-0.25, -0.2) is 0 Å². The van der Waals surface area contributed by atoms with E-state index >= 15 is 0 Å². The lowest BCUT2D eigenvalue weighted by Crippen LogP contribution is -2.47. The van der Waals surface area contributed by atoms with Crippen molar-refractivity contribution in [2.24, 2.45) is 0 Å². The summed E-state index contributed by atoms with van der Waals surface area (Å²) >= 11 is 0. The number of rotatable bonds is 4. The number of carbonyl (C=O) groups is 2. The van der Waals surface area contributed by atoms with Crippen molar-refractivity contribution < 1.29 is 14.3 Å². The van der Waals surface area contributed by atoms with Gasteiger partial charge in [0.15, 0.2) is 0 Å². The molecule has 1 aromatic carbocycles. The molecule has 0 unspecified atom stereocenters. The van der Waals surface area contributed by atoms with E-state index in [1.54, 1.807) is 30.1 Å². The van der Waals surface area contributed by atoms with Gasteiger partial charge in [0.2, 0.25) is 5.91 Å². The molecule has 0 aliphatic carbocycles. The first kappa shape index (κ1) is 15.3. The molecule has 2 amide bonds. The van der Waals surface area contributed by atoms with E-state index < -0.39 is 0 Å². The fraction of sp³-hybridized carbons (Fsp3) is 0.467. The lowest BCUT2D eigenvalue weighted by atomic mass is 10.1. The molecule has 1 heterocycles. The van der Waals surface area contributed by atoms with Crippen molar-refractivity contribution >= 4 is 17.5 Å². The maximum absolute atomic E-state index is 12.3. The van der Waals surface area contributed by atoms with Crippen molar-refractivity contribution in [2.45, 2.75) is 13.0 Å². The third-order valence-corrected chi connectivity index (χ3v) is 3.43. The normalized spacial score (nSPS) is 16.2.